The highest BCUT2D eigenvalue weighted by Gasteiger charge is 2.25. The Labute approximate surface area is 160 Å². The van der Waals surface area contributed by atoms with Crippen LogP contribution in [-0.4, -0.2) is 38.3 Å². The molecule has 6 nitrogen and oxygen atoms in total. The predicted molar refractivity (Wildman–Crippen MR) is 106 cm³/mol. The summed E-state index contributed by atoms with van der Waals surface area (Å²) in [5.41, 5.74) is 8.96. The fourth-order valence-corrected chi connectivity index (χ4v) is 4.99. The minimum absolute atomic E-state index is 0.359. The molecule has 0 saturated heterocycles. The summed E-state index contributed by atoms with van der Waals surface area (Å²) in [4.78, 5) is 13.8. The normalized spacial score (nSPS) is 13.8. The molecule has 2 aromatic carbocycles. The van der Waals surface area contributed by atoms with Crippen molar-refractivity contribution in [1.82, 2.24) is 4.31 Å². The van der Waals surface area contributed by atoms with Gasteiger partial charge in [0.2, 0.25) is 15.9 Å². The van der Waals surface area contributed by atoms with Crippen LogP contribution in [0, 0.1) is 0 Å². The van der Waals surface area contributed by atoms with E-state index in [4.69, 9.17) is 5.73 Å². The third kappa shape index (κ3) is 3.84. The summed E-state index contributed by atoms with van der Waals surface area (Å²) in [6.07, 6.45) is 0.816. The monoisotopic (exact) mass is 387 g/mol. The largest absolute Gasteiger partial charge is 0.367 e. The maximum absolute atomic E-state index is 12.7. The first-order chi connectivity index (χ1) is 12.9. The van der Waals surface area contributed by atoms with Crippen LogP contribution in [0.4, 0.5) is 5.69 Å². The van der Waals surface area contributed by atoms with Gasteiger partial charge in [0.05, 0.1) is 4.90 Å². The molecule has 1 aliphatic rings. The number of hydrogen-bond acceptors (Lipinski definition) is 4. The first kappa shape index (κ1) is 19.4. The van der Waals surface area contributed by atoms with E-state index in [1.54, 1.807) is 24.3 Å². The molecule has 0 bridgehead atoms. The zero-order valence-electron chi connectivity index (χ0n) is 15.7. The molecule has 2 aromatic rings. The Morgan fingerprint density at radius 3 is 2.37 bits per heavy atom. The van der Waals surface area contributed by atoms with E-state index >= 15 is 0 Å². The summed E-state index contributed by atoms with van der Waals surface area (Å²) in [5, 5.41) is 0. The quantitative estimate of drug-likeness (QED) is 0.791. The summed E-state index contributed by atoms with van der Waals surface area (Å²) in [6, 6.07) is 12.7. The van der Waals surface area contributed by atoms with E-state index in [9.17, 15) is 13.2 Å². The van der Waals surface area contributed by atoms with Crippen molar-refractivity contribution in [1.29, 1.82) is 0 Å². The fourth-order valence-electron chi connectivity index (χ4n) is 3.48. The van der Waals surface area contributed by atoms with Gasteiger partial charge in [-0.15, -0.1) is 0 Å². The van der Waals surface area contributed by atoms with Crippen LogP contribution in [0.3, 0.4) is 0 Å². The lowest BCUT2D eigenvalue weighted by atomic mass is 10.1. The predicted octanol–water partition coefficient (Wildman–Crippen LogP) is 2.38. The van der Waals surface area contributed by atoms with Gasteiger partial charge in [0, 0.05) is 37.4 Å². The second-order valence-electron chi connectivity index (χ2n) is 6.61. The van der Waals surface area contributed by atoms with Gasteiger partial charge in [0.15, 0.2) is 0 Å². The van der Waals surface area contributed by atoms with Gasteiger partial charge in [0.1, 0.15) is 0 Å². The molecule has 144 valence electrons. The van der Waals surface area contributed by atoms with E-state index in [0.717, 1.165) is 29.8 Å². The van der Waals surface area contributed by atoms with E-state index in [1.165, 1.54) is 4.31 Å². The van der Waals surface area contributed by atoms with E-state index < -0.39 is 15.9 Å². The van der Waals surface area contributed by atoms with Gasteiger partial charge in [-0.05, 0) is 47.9 Å². The van der Waals surface area contributed by atoms with Gasteiger partial charge in [-0.1, -0.05) is 26.0 Å². The number of nitrogens with zero attached hydrogens (tertiary/aromatic N) is 2. The molecule has 27 heavy (non-hydrogen) atoms. The van der Waals surface area contributed by atoms with Gasteiger partial charge in [-0.2, -0.15) is 4.31 Å². The number of rotatable bonds is 7. The summed E-state index contributed by atoms with van der Waals surface area (Å²) in [6.45, 7) is 6.15. The van der Waals surface area contributed by atoms with Crippen molar-refractivity contribution in [3.8, 4) is 0 Å². The van der Waals surface area contributed by atoms with Crippen LogP contribution in [0.1, 0.15) is 35.3 Å². The molecule has 0 fully saturated rings. The molecule has 1 amide bonds. The zero-order valence-corrected chi connectivity index (χ0v) is 16.5. The molecule has 0 saturated carbocycles. The van der Waals surface area contributed by atoms with Crippen LogP contribution in [-0.2, 0) is 23.0 Å². The van der Waals surface area contributed by atoms with E-state index in [-0.39, 0.29) is 0 Å². The fraction of sp³-hybridized carbons (Fsp3) is 0.350. The molecule has 7 heteroatoms. The van der Waals surface area contributed by atoms with E-state index in [1.807, 2.05) is 32.0 Å². The minimum Gasteiger partial charge on any atom is -0.367 e. The van der Waals surface area contributed by atoms with Crippen molar-refractivity contribution in [2.75, 3.05) is 24.5 Å². The van der Waals surface area contributed by atoms with Crippen molar-refractivity contribution < 1.29 is 13.2 Å². The molecule has 1 heterocycles. The number of hydrogen-bond donors (Lipinski definition) is 1. The van der Waals surface area contributed by atoms with Crippen LogP contribution in [0.15, 0.2) is 47.4 Å². The summed E-state index contributed by atoms with van der Waals surface area (Å²) in [7, 11) is -3.44. The summed E-state index contributed by atoms with van der Waals surface area (Å²) in [5.74, 6) is -0.435. The molecular weight excluding hydrogens is 362 g/mol. The molecule has 0 atom stereocenters. The highest BCUT2D eigenvalue weighted by molar-refractivity contribution is 7.89. The molecule has 1 aliphatic heterocycles. The Hall–Kier alpha value is -2.38. The van der Waals surface area contributed by atoms with Gasteiger partial charge in [0.25, 0.3) is 0 Å². The van der Waals surface area contributed by atoms with E-state index in [0.29, 0.717) is 30.1 Å². The maximum atomic E-state index is 12.7. The average Bonchev–Trinajstić information content (AvgIpc) is 3.05. The Bertz CT molecular complexity index is 935. The van der Waals surface area contributed by atoms with Gasteiger partial charge >= 0.3 is 0 Å². The molecule has 2 N–H and O–H groups in total. The van der Waals surface area contributed by atoms with Gasteiger partial charge in [-0.25, -0.2) is 8.42 Å². The Balaban J connectivity index is 1.81. The lowest BCUT2D eigenvalue weighted by molar-refractivity contribution is 0.100. The standard InChI is InChI=1S/C20H25N3O3S/c1-3-23(4-2)27(25,26)18-9-10-19-17(13-18)11-12-22(19)14-15-5-7-16(8-6-15)20(21)24/h5-10,13H,3-4,11-12,14H2,1-2H3,(H2,21,24). The van der Waals surface area contributed by atoms with Crippen LogP contribution in [0.2, 0.25) is 0 Å². The van der Waals surface area contributed by atoms with Crippen molar-refractivity contribution in [3.05, 3.63) is 59.2 Å². The topological polar surface area (TPSA) is 83.7 Å². The zero-order chi connectivity index (χ0) is 19.6. The van der Waals surface area contributed by atoms with Crippen LogP contribution >= 0.6 is 0 Å². The van der Waals surface area contributed by atoms with Gasteiger partial charge < -0.3 is 10.6 Å². The number of carbonyl (C=O) groups excluding carboxylic acids is 1. The Morgan fingerprint density at radius 2 is 1.78 bits per heavy atom. The van der Waals surface area contributed by atoms with Crippen LogP contribution < -0.4 is 10.6 Å². The molecular formula is C20H25N3O3S. The van der Waals surface area contributed by atoms with Crippen LogP contribution in [0.25, 0.3) is 0 Å². The summed E-state index contributed by atoms with van der Waals surface area (Å²) < 4.78 is 26.9. The van der Waals surface area contributed by atoms with Crippen molar-refractivity contribution in [2.24, 2.45) is 5.73 Å². The lowest BCUT2D eigenvalue weighted by Crippen LogP contribution is -2.30. The number of primary amides is 1. The van der Waals surface area contributed by atoms with Gasteiger partial charge in [-0.3, -0.25) is 4.79 Å². The van der Waals surface area contributed by atoms with Crippen molar-refractivity contribution >= 4 is 21.6 Å². The van der Waals surface area contributed by atoms with E-state index in [2.05, 4.69) is 4.90 Å². The maximum Gasteiger partial charge on any atom is 0.248 e. The lowest BCUT2D eigenvalue weighted by Gasteiger charge is -2.21. The number of sulfonamides is 1. The number of carbonyl (C=O) groups is 1. The molecule has 0 radical (unpaired) electrons. The molecule has 3 rings (SSSR count). The number of nitrogens with two attached hydrogens (primary N) is 1. The van der Waals surface area contributed by atoms with Crippen LogP contribution in [0.5, 0.6) is 0 Å². The SMILES string of the molecule is CCN(CC)S(=O)(=O)c1ccc2c(c1)CCN2Cc1ccc(C(N)=O)cc1. The second-order valence-corrected chi connectivity index (χ2v) is 8.55. The Kier molecular flexibility index (Phi) is 5.53. The first-order valence-electron chi connectivity index (χ1n) is 9.13. The van der Waals surface area contributed by atoms with Crippen molar-refractivity contribution in [2.45, 2.75) is 31.7 Å². The van der Waals surface area contributed by atoms with Crippen molar-refractivity contribution in [3.63, 3.8) is 0 Å². The highest BCUT2D eigenvalue weighted by Crippen LogP contribution is 2.32. The summed E-state index contributed by atoms with van der Waals surface area (Å²) >= 11 is 0. The third-order valence-corrected chi connectivity index (χ3v) is 7.04. The average molecular weight is 388 g/mol. The number of anilines is 1. The molecule has 0 aromatic heterocycles. The Morgan fingerprint density at radius 1 is 1.11 bits per heavy atom. The smallest absolute Gasteiger partial charge is 0.248 e. The molecule has 0 aliphatic carbocycles. The number of amides is 1. The first-order valence-corrected chi connectivity index (χ1v) is 10.6. The third-order valence-electron chi connectivity index (χ3n) is 5.00. The number of benzene rings is 2. The molecule has 0 unspecified atom stereocenters. The molecule has 0 spiro atoms. The second kappa shape index (κ2) is 7.70. The number of fused-ring (bicyclic) bond motifs is 1. The minimum atomic E-state index is -3.44. The highest BCUT2D eigenvalue weighted by atomic mass is 32.2.